The Morgan fingerprint density at radius 3 is 2.44 bits per heavy atom. The van der Waals surface area contributed by atoms with E-state index in [4.69, 9.17) is 14.2 Å². The number of hydrogen-bond donors (Lipinski definition) is 0. The number of nitrogens with zero attached hydrogens (tertiary/aromatic N) is 1. The summed E-state index contributed by atoms with van der Waals surface area (Å²) in [5, 5.41) is 0. The topological polar surface area (TPSA) is 57.7 Å². The molecule has 0 aliphatic carbocycles. The van der Waals surface area contributed by atoms with Crippen molar-refractivity contribution >= 4 is 5.78 Å². The van der Waals surface area contributed by atoms with E-state index in [1.807, 2.05) is 25.1 Å². The van der Waals surface area contributed by atoms with Gasteiger partial charge in [0.15, 0.2) is 23.6 Å². The van der Waals surface area contributed by atoms with Crippen LogP contribution in [0.1, 0.15) is 40.0 Å². The average Bonchev–Trinajstić information content (AvgIpc) is 2.81. The van der Waals surface area contributed by atoms with E-state index in [-0.39, 0.29) is 11.5 Å². The standard InChI is InChI=1S/C26H28FNO4/c1-17-18(8-5-9-19(17)20-10-6-12-24(30-2)26(20)27)16-22-21(11-7-15-28-22)23(29)13-14-25(31-3)32-4/h5-12,15,25H,13-14,16H2,1-4H3. The van der Waals surface area contributed by atoms with Crippen LogP contribution < -0.4 is 4.74 Å². The van der Waals surface area contributed by atoms with Gasteiger partial charge in [0.25, 0.3) is 0 Å². The number of ketones is 1. The molecule has 0 amide bonds. The Kier molecular flexibility index (Phi) is 8.09. The maximum absolute atomic E-state index is 14.9. The van der Waals surface area contributed by atoms with E-state index in [2.05, 4.69) is 4.98 Å². The lowest BCUT2D eigenvalue weighted by molar-refractivity contribution is -0.105. The summed E-state index contributed by atoms with van der Waals surface area (Å²) >= 11 is 0. The highest BCUT2D eigenvalue weighted by Crippen LogP contribution is 2.33. The van der Waals surface area contributed by atoms with Gasteiger partial charge in [-0.15, -0.1) is 0 Å². The van der Waals surface area contributed by atoms with E-state index in [0.29, 0.717) is 36.1 Å². The van der Waals surface area contributed by atoms with Crippen molar-refractivity contribution in [1.82, 2.24) is 4.98 Å². The third kappa shape index (κ3) is 5.21. The number of ether oxygens (including phenoxy) is 3. The number of methoxy groups -OCH3 is 3. The molecule has 3 aromatic rings. The normalized spacial score (nSPS) is 11.1. The molecule has 0 N–H and O–H groups in total. The number of aromatic nitrogens is 1. The zero-order chi connectivity index (χ0) is 23.1. The van der Waals surface area contributed by atoms with Crippen LogP contribution in [0.4, 0.5) is 4.39 Å². The van der Waals surface area contributed by atoms with Gasteiger partial charge >= 0.3 is 0 Å². The van der Waals surface area contributed by atoms with Crippen LogP contribution in [0, 0.1) is 12.7 Å². The molecule has 5 nitrogen and oxygen atoms in total. The monoisotopic (exact) mass is 437 g/mol. The lowest BCUT2D eigenvalue weighted by Gasteiger charge is -2.15. The first kappa shape index (κ1) is 23.6. The predicted molar refractivity (Wildman–Crippen MR) is 122 cm³/mol. The second-order valence-corrected chi connectivity index (χ2v) is 7.45. The van der Waals surface area contributed by atoms with Crippen LogP contribution in [0.15, 0.2) is 54.7 Å². The van der Waals surface area contributed by atoms with Gasteiger partial charge in [0.2, 0.25) is 0 Å². The fourth-order valence-corrected chi connectivity index (χ4v) is 3.77. The molecule has 0 unspecified atom stereocenters. The molecule has 1 aromatic heterocycles. The van der Waals surface area contributed by atoms with Gasteiger partial charge in [0, 0.05) is 50.8 Å². The molecule has 0 saturated carbocycles. The van der Waals surface area contributed by atoms with Crippen molar-refractivity contribution in [2.75, 3.05) is 21.3 Å². The minimum absolute atomic E-state index is 0.0140. The van der Waals surface area contributed by atoms with E-state index < -0.39 is 12.1 Å². The van der Waals surface area contributed by atoms with Crippen LogP contribution in [0.25, 0.3) is 11.1 Å². The molecule has 32 heavy (non-hydrogen) atoms. The second-order valence-electron chi connectivity index (χ2n) is 7.45. The molecule has 6 heteroatoms. The van der Waals surface area contributed by atoms with Crippen molar-refractivity contribution in [1.29, 1.82) is 0 Å². The van der Waals surface area contributed by atoms with Crippen molar-refractivity contribution < 1.29 is 23.4 Å². The number of carbonyl (C=O) groups excluding carboxylic acids is 1. The lowest BCUT2D eigenvalue weighted by atomic mass is 9.92. The molecule has 0 atom stereocenters. The van der Waals surface area contributed by atoms with Crippen LogP contribution in [0.3, 0.4) is 0 Å². The fourth-order valence-electron chi connectivity index (χ4n) is 3.77. The van der Waals surface area contributed by atoms with Gasteiger partial charge in [-0.25, -0.2) is 4.39 Å². The zero-order valence-electron chi connectivity index (χ0n) is 18.9. The van der Waals surface area contributed by atoms with Crippen LogP contribution in [0.5, 0.6) is 5.75 Å². The molecule has 0 aliphatic rings. The molecule has 0 radical (unpaired) electrons. The van der Waals surface area contributed by atoms with Crippen molar-refractivity contribution in [3.63, 3.8) is 0 Å². The Morgan fingerprint density at radius 1 is 1.00 bits per heavy atom. The number of pyridine rings is 1. The van der Waals surface area contributed by atoms with E-state index in [9.17, 15) is 9.18 Å². The van der Waals surface area contributed by atoms with Gasteiger partial charge in [0.05, 0.1) is 12.8 Å². The molecule has 0 aliphatic heterocycles. The largest absolute Gasteiger partial charge is 0.494 e. The number of carbonyl (C=O) groups is 1. The summed E-state index contributed by atoms with van der Waals surface area (Å²) in [6.07, 6.45) is 2.48. The third-order valence-corrected chi connectivity index (χ3v) is 5.60. The van der Waals surface area contributed by atoms with Crippen LogP contribution in [-0.4, -0.2) is 38.4 Å². The molecular formula is C26H28FNO4. The fraction of sp³-hybridized carbons (Fsp3) is 0.308. The highest BCUT2D eigenvalue weighted by molar-refractivity contribution is 5.97. The number of hydrogen-bond acceptors (Lipinski definition) is 5. The molecule has 168 valence electrons. The number of benzene rings is 2. The number of halogens is 1. The lowest BCUT2D eigenvalue weighted by Crippen LogP contribution is -2.16. The summed E-state index contributed by atoms with van der Waals surface area (Å²) < 4.78 is 30.4. The molecule has 1 heterocycles. The molecule has 3 rings (SSSR count). The Balaban J connectivity index is 1.90. The van der Waals surface area contributed by atoms with E-state index in [0.717, 1.165) is 16.7 Å². The van der Waals surface area contributed by atoms with Gasteiger partial charge in [-0.3, -0.25) is 9.78 Å². The smallest absolute Gasteiger partial charge is 0.172 e. The Hall–Kier alpha value is -3.09. The highest BCUT2D eigenvalue weighted by Gasteiger charge is 2.18. The Bertz CT molecular complexity index is 1080. The summed E-state index contributed by atoms with van der Waals surface area (Å²) in [6, 6.07) is 14.4. The van der Waals surface area contributed by atoms with E-state index in [1.54, 1.807) is 50.7 Å². The molecule has 0 spiro atoms. The molecule has 0 saturated heterocycles. The van der Waals surface area contributed by atoms with Crippen LogP contribution >= 0.6 is 0 Å². The van der Waals surface area contributed by atoms with Gasteiger partial charge in [0.1, 0.15) is 0 Å². The van der Waals surface area contributed by atoms with E-state index >= 15 is 0 Å². The minimum Gasteiger partial charge on any atom is -0.494 e. The minimum atomic E-state index is -0.421. The summed E-state index contributed by atoms with van der Waals surface area (Å²) in [6.45, 7) is 1.95. The molecule has 2 aromatic carbocycles. The summed E-state index contributed by atoms with van der Waals surface area (Å²) in [5.74, 6) is -0.204. The quantitative estimate of drug-likeness (QED) is 0.315. The maximum Gasteiger partial charge on any atom is 0.172 e. The first-order valence-electron chi connectivity index (χ1n) is 10.4. The van der Waals surface area contributed by atoms with Gasteiger partial charge < -0.3 is 14.2 Å². The van der Waals surface area contributed by atoms with Crippen molar-refractivity contribution in [2.45, 2.75) is 32.5 Å². The first-order chi connectivity index (χ1) is 15.5. The van der Waals surface area contributed by atoms with Gasteiger partial charge in [-0.2, -0.15) is 0 Å². The van der Waals surface area contributed by atoms with E-state index in [1.165, 1.54) is 7.11 Å². The predicted octanol–water partition coefficient (Wildman–Crippen LogP) is 5.38. The van der Waals surface area contributed by atoms with Crippen molar-refractivity contribution in [2.24, 2.45) is 0 Å². The first-order valence-corrected chi connectivity index (χ1v) is 10.4. The van der Waals surface area contributed by atoms with Crippen LogP contribution in [0.2, 0.25) is 0 Å². The van der Waals surface area contributed by atoms with Gasteiger partial charge in [-0.05, 0) is 41.8 Å². The van der Waals surface area contributed by atoms with Crippen molar-refractivity contribution in [3.05, 3.63) is 82.9 Å². The van der Waals surface area contributed by atoms with Crippen LogP contribution in [-0.2, 0) is 15.9 Å². The SMILES string of the molecule is COc1cccc(-c2cccc(Cc3ncccc3C(=O)CCC(OC)OC)c2C)c1F. The second kappa shape index (κ2) is 11.0. The summed E-state index contributed by atoms with van der Waals surface area (Å²) in [7, 11) is 4.55. The third-order valence-electron chi connectivity index (χ3n) is 5.60. The molecular weight excluding hydrogens is 409 g/mol. The molecule has 0 fully saturated rings. The maximum atomic E-state index is 14.9. The summed E-state index contributed by atoms with van der Waals surface area (Å²) in [4.78, 5) is 17.3. The Morgan fingerprint density at radius 2 is 1.72 bits per heavy atom. The van der Waals surface area contributed by atoms with Crippen molar-refractivity contribution in [3.8, 4) is 16.9 Å². The highest BCUT2D eigenvalue weighted by atomic mass is 19.1. The summed E-state index contributed by atoms with van der Waals surface area (Å²) in [5.41, 5.74) is 4.44. The Labute approximate surface area is 188 Å². The average molecular weight is 438 g/mol. The zero-order valence-corrected chi connectivity index (χ0v) is 18.9. The van der Waals surface area contributed by atoms with Gasteiger partial charge in [-0.1, -0.05) is 30.3 Å². The molecule has 0 bridgehead atoms. The number of Topliss-reactive ketones (excluding diaryl/α,β-unsaturated/α-hetero) is 1. The number of rotatable bonds is 10.